The molecule has 0 bridgehead atoms. The standard InChI is InChI=1S/C8H18BrNO2S/c1-3-5-8(9)7-10-13(11,12)6-4-2/h8,10H,3-7H2,1-2H3. The molecule has 0 aliphatic carbocycles. The Labute approximate surface area is 89.5 Å². The highest BCUT2D eigenvalue weighted by atomic mass is 79.9. The fourth-order valence-electron chi connectivity index (χ4n) is 0.974. The Morgan fingerprint density at radius 2 is 1.92 bits per heavy atom. The first kappa shape index (κ1) is 13.4. The van der Waals surface area contributed by atoms with Gasteiger partial charge in [-0.25, -0.2) is 13.1 Å². The number of halogens is 1. The molecule has 5 heteroatoms. The molecule has 0 spiro atoms. The van der Waals surface area contributed by atoms with E-state index >= 15 is 0 Å². The molecular formula is C8H18BrNO2S. The molecule has 0 rings (SSSR count). The molecule has 0 aromatic rings. The highest BCUT2D eigenvalue weighted by Crippen LogP contribution is 2.06. The van der Waals surface area contributed by atoms with Crippen LogP contribution in [0.15, 0.2) is 0 Å². The smallest absolute Gasteiger partial charge is 0.211 e. The zero-order valence-electron chi connectivity index (χ0n) is 8.22. The van der Waals surface area contributed by atoms with E-state index in [1.807, 2.05) is 6.92 Å². The fraction of sp³-hybridized carbons (Fsp3) is 1.00. The van der Waals surface area contributed by atoms with Crippen molar-refractivity contribution >= 4 is 26.0 Å². The van der Waals surface area contributed by atoms with E-state index in [-0.39, 0.29) is 10.6 Å². The Morgan fingerprint density at radius 3 is 2.38 bits per heavy atom. The van der Waals surface area contributed by atoms with Gasteiger partial charge in [-0.2, -0.15) is 0 Å². The number of alkyl halides is 1. The summed E-state index contributed by atoms with van der Waals surface area (Å²) in [6.45, 7) is 4.43. The van der Waals surface area contributed by atoms with Crippen molar-refractivity contribution in [2.24, 2.45) is 0 Å². The SMILES string of the molecule is CCCC(Br)CNS(=O)(=O)CCC. The molecule has 0 saturated heterocycles. The minimum absolute atomic E-state index is 0.221. The third-order valence-corrected chi connectivity index (χ3v) is 3.93. The van der Waals surface area contributed by atoms with Crippen molar-refractivity contribution in [3.8, 4) is 0 Å². The minimum atomic E-state index is -3.03. The average Bonchev–Trinajstić information content (AvgIpc) is 2.02. The third kappa shape index (κ3) is 7.46. The second kappa shape index (κ2) is 6.79. The van der Waals surface area contributed by atoms with Crippen LogP contribution in [0.5, 0.6) is 0 Å². The van der Waals surface area contributed by atoms with Gasteiger partial charge in [0.05, 0.1) is 5.75 Å². The highest BCUT2D eigenvalue weighted by Gasteiger charge is 2.10. The van der Waals surface area contributed by atoms with E-state index in [1.165, 1.54) is 0 Å². The summed E-state index contributed by atoms with van der Waals surface area (Å²) in [6, 6.07) is 0. The summed E-state index contributed by atoms with van der Waals surface area (Å²) in [6.07, 6.45) is 2.72. The Hall–Kier alpha value is 0.390. The van der Waals surface area contributed by atoms with E-state index in [9.17, 15) is 8.42 Å². The van der Waals surface area contributed by atoms with Crippen LogP contribution in [-0.4, -0.2) is 25.5 Å². The second-order valence-corrected chi connectivity index (χ2v) is 6.27. The van der Waals surface area contributed by atoms with Crippen LogP contribution >= 0.6 is 15.9 Å². The van der Waals surface area contributed by atoms with Gasteiger partial charge in [-0.05, 0) is 12.8 Å². The van der Waals surface area contributed by atoms with Gasteiger partial charge < -0.3 is 0 Å². The van der Waals surface area contributed by atoms with Crippen molar-refractivity contribution in [2.45, 2.75) is 37.9 Å². The van der Waals surface area contributed by atoms with Crippen LogP contribution in [0.25, 0.3) is 0 Å². The summed E-state index contributed by atoms with van der Waals surface area (Å²) in [4.78, 5) is 0.254. The number of rotatable bonds is 7. The van der Waals surface area contributed by atoms with E-state index in [4.69, 9.17) is 0 Å². The van der Waals surface area contributed by atoms with Crippen LogP contribution in [0.3, 0.4) is 0 Å². The highest BCUT2D eigenvalue weighted by molar-refractivity contribution is 9.09. The van der Waals surface area contributed by atoms with E-state index in [0.29, 0.717) is 13.0 Å². The van der Waals surface area contributed by atoms with Crippen molar-refractivity contribution < 1.29 is 8.42 Å². The van der Waals surface area contributed by atoms with Gasteiger partial charge in [-0.1, -0.05) is 36.2 Å². The molecule has 0 aromatic heterocycles. The van der Waals surface area contributed by atoms with E-state index in [0.717, 1.165) is 12.8 Å². The summed E-state index contributed by atoms with van der Waals surface area (Å²) in [5.74, 6) is 0.221. The molecule has 0 aliphatic heterocycles. The summed E-state index contributed by atoms with van der Waals surface area (Å²) < 4.78 is 25.0. The first-order chi connectivity index (χ1) is 6.02. The molecule has 1 atom stereocenters. The monoisotopic (exact) mass is 271 g/mol. The molecule has 0 fully saturated rings. The maximum atomic E-state index is 11.2. The lowest BCUT2D eigenvalue weighted by atomic mass is 10.2. The lowest BCUT2D eigenvalue weighted by Crippen LogP contribution is -2.31. The Balaban J connectivity index is 3.74. The van der Waals surface area contributed by atoms with Crippen molar-refractivity contribution in [1.82, 2.24) is 4.72 Å². The number of sulfonamides is 1. The third-order valence-electron chi connectivity index (χ3n) is 1.60. The number of hydrogen-bond donors (Lipinski definition) is 1. The maximum Gasteiger partial charge on any atom is 0.211 e. The Morgan fingerprint density at radius 1 is 1.31 bits per heavy atom. The average molecular weight is 272 g/mol. The topological polar surface area (TPSA) is 46.2 Å². The molecule has 1 unspecified atom stereocenters. The molecular weight excluding hydrogens is 254 g/mol. The van der Waals surface area contributed by atoms with Crippen molar-refractivity contribution in [3.05, 3.63) is 0 Å². The Bertz CT molecular complexity index is 216. The van der Waals surface area contributed by atoms with E-state index < -0.39 is 10.0 Å². The zero-order valence-corrected chi connectivity index (χ0v) is 10.6. The van der Waals surface area contributed by atoms with Crippen molar-refractivity contribution in [2.75, 3.05) is 12.3 Å². The lowest BCUT2D eigenvalue weighted by Gasteiger charge is -2.09. The largest absolute Gasteiger partial charge is 0.214 e. The molecule has 3 nitrogen and oxygen atoms in total. The first-order valence-corrected chi connectivity index (χ1v) is 7.20. The summed E-state index contributed by atoms with van der Waals surface area (Å²) in [5.41, 5.74) is 0. The predicted octanol–water partition coefficient (Wildman–Crippen LogP) is 1.88. The number of hydrogen-bond acceptors (Lipinski definition) is 2. The fourth-order valence-corrected chi connectivity index (χ4v) is 2.94. The second-order valence-electron chi connectivity index (χ2n) is 3.05. The van der Waals surface area contributed by atoms with Crippen molar-refractivity contribution in [3.63, 3.8) is 0 Å². The predicted molar refractivity (Wildman–Crippen MR) is 59.7 cm³/mol. The molecule has 0 radical (unpaired) electrons. The van der Waals surface area contributed by atoms with Gasteiger partial charge in [0, 0.05) is 11.4 Å². The maximum absolute atomic E-state index is 11.2. The van der Waals surface area contributed by atoms with Gasteiger partial charge in [-0.15, -0.1) is 0 Å². The summed E-state index contributed by atoms with van der Waals surface area (Å²) >= 11 is 3.41. The van der Waals surface area contributed by atoms with E-state index in [1.54, 1.807) is 0 Å². The van der Waals surface area contributed by atoms with Crippen LogP contribution in [0.2, 0.25) is 0 Å². The van der Waals surface area contributed by atoms with Crippen LogP contribution in [-0.2, 0) is 10.0 Å². The molecule has 0 amide bonds. The minimum Gasteiger partial charge on any atom is -0.214 e. The molecule has 80 valence electrons. The quantitative estimate of drug-likeness (QED) is 0.719. The molecule has 0 aromatic carbocycles. The van der Waals surface area contributed by atoms with Crippen LogP contribution in [0, 0.1) is 0 Å². The summed E-state index contributed by atoms with van der Waals surface area (Å²) in [5, 5.41) is 0. The van der Waals surface area contributed by atoms with Gasteiger partial charge >= 0.3 is 0 Å². The van der Waals surface area contributed by atoms with Gasteiger partial charge in [-0.3, -0.25) is 0 Å². The first-order valence-electron chi connectivity index (χ1n) is 4.63. The molecule has 13 heavy (non-hydrogen) atoms. The molecule has 0 saturated carbocycles. The van der Waals surface area contributed by atoms with Gasteiger partial charge in [0.2, 0.25) is 10.0 Å². The lowest BCUT2D eigenvalue weighted by molar-refractivity contribution is 0.577. The molecule has 1 N–H and O–H groups in total. The Kier molecular flexibility index (Phi) is 6.99. The van der Waals surface area contributed by atoms with E-state index in [2.05, 4.69) is 27.6 Å². The van der Waals surface area contributed by atoms with Gasteiger partial charge in [0.25, 0.3) is 0 Å². The van der Waals surface area contributed by atoms with Crippen LogP contribution in [0.1, 0.15) is 33.1 Å². The molecule has 0 heterocycles. The summed E-state index contributed by atoms with van der Waals surface area (Å²) in [7, 11) is -3.03. The van der Waals surface area contributed by atoms with Crippen LogP contribution in [0.4, 0.5) is 0 Å². The number of nitrogens with one attached hydrogen (secondary N) is 1. The van der Waals surface area contributed by atoms with Crippen LogP contribution < -0.4 is 4.72 Å². The zero-order chi connectivity index (χ0) is 10.3. The molecule has 0 aliphatic rings. The van der Waals surface area contributed by atoms with Crippen molar-refractivity contribution in [1.29, 1.82) is 0 Å². The van der Waals surface area contributed by atoms with Gasteiger partial charge in [0.1, 0.15) is 0 Å². The van der Waals surface area contributed by atoms with Gasteiger partial charge in [0.15, 0.2) is 0 Å². The normalized spacial score (nSPS) is 14.4.